The van der Waals surface area contributed by atoms with Crippen molar-refractivity contribution in [1.29, 1.82) is 0 Å². The first-order chi connectivity index (χ1) is 12.3. The number of rotatable bonds is 3. The highest BCUT2D eigenvalue weighted by molar-refractivity contribution is 5.81. The Bertz CT molecular complexity index is 482. The van der Waals surface area contributed by atoms with Gasteiger partial charge < -0.3 is 10.6 Å². The third-order valence-corrected chi connectivity index (χ3v) is 8.14. The van der Waals surface area contributed by atoms with Gasteiger partial charge in [-0.1, -0.05) is 38.5 Å². The van der Waals surface area contributed by atoms with Crippen LogP contribution in [0.1, 0.15) is 96.3 Å². The van der Waals surface area contributed by atoms with Crippen molar-refractivity contribution in [3.05, 3.63) is 0 Å². The quantitative estimate of drug-likeness (QED) is 0.572. The smallest absolute Gasteiger partial charge is 0.192 e. The molecule has 3 heteroatoms. The molecule has 2 atom stereocenters. The Hall–Kier alpha value is -0.730. The van der Waals surface area contributed by atoms with E-state index in [-0.39, 0.29) is 0 Å². The molecule has 6 aliphatic carbocycles. The maximum Gasteiger partial charge on any atom is 0.192 e. The van der Waals surface area contributed by atoms with Crippen molar-refractivity contribution < 1.29 is 0 Å². The molecule has 2 unspecified atom stereocenters. The summed E-state index contributed by atoms with van der Waals surface area (Å²) in [4.78, 5) is 5.27. The minimum atomic E-state index is 0.395. The second-order valence-electron chi connectivity index (χ2n) is 10.1. The summed E-state index contributed by atoms with van der Waals surface area (Å²) in [5, 5.41) is 7.95. The Balaban J connectivity index is 1.31. The molecule has 6 saturated carbocycles. The number of guanidine groups is 1. The third-order valence-electron chi connectivity index (χ3n) is 8.14. The lowest BCUT2D eigenvalue weighted by molar-refractivity contribution is 0.207. The molecule has 0 amide bonds. The number of nitrogens with one attached hydrogen (secondary N) is 2. The van der Waals surface area contributed by atoms with Crippen LogP contribution in [0.2, 0.25) is 0 Å². The monoisotopic (exact) mass is 343 g/mol. The second-order valence-corrected chi connectivity index (χ2v) is 10.1. The van der Waals surface area contributed by atoms with E-state index in [1.54, 1.807) is 0 Å². The van der Waals surface area contributed by atoms with Gasteiger partial charge in [0, 0.05) is 11.6 Å². The van der Waals surface area contributed by atoms with E-state index in [1.807, 2.05) is 0 Å². The van der Waals surface area contributed by atoms with E-state index in [1.165, 1.54) is 102 Å². The first kappa shape index (κ1) is 16.4. The summed E-state index contributed by atoms with van der Waals surface area (Å²) in [6.07, 6.45) is 21.0. The van der Waals surface area contributed by atoms with Gasteiger partial charge >= 0.3 is 0 Å². The first-order valence-corrected chi connectivity index (χ1v) is 11.4. The minimum absolute atomic E-state index is 0.395. The van der Waals surface area contributed by atoms with Gasteiger partial charge in [-0.3, -0.25) is 0 Å². The van der Waals surface area contributed by atoms with Crippen LogP contribution >= 0.6 is 0 Å². The first-order valence-electron chi connectivity index (χ1n) is 11.4. The van der Waals surface area contributed by atoms with Crippen LogP contribution in [0.4, 0.5) is 0 Å². The van der Waals surface area contributed by atoms with E-state index in [4.69, 9.17) is 4.99 Å². The highest BCUT2D eigenvalue weighted by Gasteiger charge is 2.56. The normalized spacial score (nSPS) is 42.1. The van der Waals surface area contributed by atoms with Crippen molar-refractivity contribution in [1.82, 2.24) is 10.6 Å². The number of nitrogens with zero attached hydrogens (tertiary/aromatic N) is 1. The summed E-state index contributed by atoms with van der Waals surface area (Å²) in [7, 11) is 0. The molecule has 6 aliphatic rings. The largest absolute Gasteiger partial charge is 0.354 e. The van der Waals surface area contributed by atoms with E-state index in [0.717, 1.165) is 17.8 Å². The average Bonchev–Trinajstić information content (AvgIpc) is 3.03. The Morgan fingerprint density at radius 2 is 1.40 bits per heavy atom. The van der Waals surface area contributed by atoms with Crippen LogP contribution in [-0.4, -0.2) is 23.6 Å². The standard InChI is InChI=1S/C22H37N3/c1-3-7-19(8-4-1)23-21(24-20-9-5-2-6-10-20)25-22-13-16-11-17(14-22)18(12-16)15-22/h16-20H,1-15H2,(H2,23,24,25). The molecule has 6 rings (SSSR count). The predicted octanol–water partition coefficient (Wildman–Crippen LogP) is 4.77. The zero-order valence-electron chi connectivity index (χ0n) is 15.9. The zero-order chi connectivity index (χ0) is 16.7. The van der Waals surface area contributed by atoms with E-state index >= 15 is 0 Å². The number of hydrogen-bond donors (Lipinski definition) is 2. The molecule has 4 bridgehead atoms. The van der Waals surface area contributed by atoms with Gasteiger partial charge in [0.2, 0.25) is 0 Å². The minimum Gasteiger partial charge on any atom is -0.354 e. The highest BCUT2D eigenvalue weighted by Crippen LogP contribution is 2.59. The van der Waals surface area contributed by atoms with E-state index in [0.29, 0.717) is 17.6 Å². The molecule has 0 aromatic rings. The molecular weight excluding hydrogens is 306 g/mol. The SMILES string of the molecule is C1CCC(N=C(NC2CCCCC2)NC23CC4CC(C2)C(C4)C3)CC1. The van der Waals surface area contributed by atoms with Crippen LogP contribution in [0.15, 0.2) is 4.99 Å². The van der Waals surface area contributed by atoms with Crippen molar-refractivity contribution in [2.75, 3.05) is 0 Å². The van der Waals surface area contributed by atoms with Crippen LogP contribution in [0.3, 0.4) is 0 Å². The van der Waals surface area contributed by atoms with Crippen molar-refractivity contribution in [2.45, 2.75) is 114 Å². The molecule has 0 aromatic heterocycles. The third kappa shape index (κ3) is 3.45. The Kier molecular flexibility index (Phi) is 4.46. The average molecular weight is 344 g/mol. The maximum atomic E-state index is 5.27. The lowest BCUT2D eigenvalue weighted by Crippen LogP contribution is -2.56. The predicted molar refractivity (Wildman–Crippen MR) is 104 cm³/mol. The fourth-order valence-corrected chi connectivity index (χ4v) is 7.15. The molecule has 3 nitrogen and oxygen atoms in total. The molecule has 25 heavy (non-hydrogen) atoms. The fraction of sp³-hybridized carbons (Fsp3) is 0.955. The Morgan fingerprint density at radius 1 is 0.760 bits per heavy atom. The lowest BCUT2D eigenvalue weighted by Gasteiger charge is -2.41. The zero-order valence-corrected chi connectivity index (χ0v) is 15.9. The summed E-state index contributed by atoms with van der Waals surface area (Å²) in [6.45, 7) is 0. The molecular formula is C22H37N3. The van der Waals surface area contributed by atoms with E-state index in [9.17, 15) is 0 Å². The molecule has 140 valence electrons. The van der Waals surface area contributed by atoms with Crippen LogP contribution in [0, 0.1) is 17.8 Å². The molecule has 0 heterocycles. The lowest BCUT2D eigenvalue weighted by atomic mass is 9.76. The van der Waals surface area contributed by atoms with Gasteiger partial charge in [0.1, 0.15) is 0 Å². The molecule has 6 fully saturated rings. The summed E-state index contributed by atoms with van der Waals surface area (Å²) in [5.41, 5.74) is 0.395. The maximum absolute atomic E-state index is 5.27. The van der Waals surface area contributed by atoms with Gasteiger partial charge in [0.05, 0.1) is 6.04 Å². The van der Waals surface area contributed by atoms with Gasteiger partial charge in [-0.05, 0) is 75.5 Å². The van der Waals surface area contributed by atoms with Crippen molar-refractivity contribution in [3.63, 3.8) is 0 Å². The van der Waals surface area contributed by atoms with Gasteiger partial charge in [0.15, 0.2) is 5.96 Å². The molecule has 0 radical (unpaired) electrons. The topological polar surface area (TPSA) is 36.4 Å². The summed E-state index contributed by atoms with van der Waals surface area (Å²) in [6, 6.07) is 1.23. The highest BCUT2D eigenvalue weighted by atomic mass is 15.2. The number of aliphatic imine (C=N–C) groups is 1. The Labute approximate surface area is 153 Å². The van der Waals surface area contributed by atoms with Crippen molar-refractivity contribution in [2.24, 2.45) is 22.7 Å². The summed E-state index contributed by atoms with van der Waals surface area (Å²) in [5.74, 6) is 4.25. The van der Waals surface area contributed by atoms with E-state index < -0.39 is 0 Å². The van der Waals surface area contributed by atoms with Crippen molar-refractivity contribution in [3.8, 4) is 0 Å². The fourth-order valence-electron chi connectivity index (χ4n) is 7.15. The van der Waals surface area contributed by atoms with Crippen LogP contribution in [0.5, 0.6) is 0 Å². The second kappa shape index (κ2) is 6.78. The summed E-state index contributed by atoms with van der Waals surface area (Å²) < 4.78 is 0. The molecule has 0 spiro atoms. The van der Waals surface area contributed by atoms with Gasteiger partial charge in [0.25, 0.3) is 0 Å². The summed E-state index contributed by atoms with van der Waals surface area (Å²) >= 11 is 0. The van der Waals surface area contributed by atoms with Crippen LogP contribution < -0.4 is 10.6 Å². The van der Waals surface area contributed by atoms with Crippen molar-refractivity contribution >= 4 is 5.96 Å². The number of hydrogen-bond acceptors (Lipinski definition) is 1. The van der Waals surface area contributed by atoms with Gasteiger partial charge in [-0.25, -0.2) is 4.99 Å². The van der Waals surface area contributed by atoms with Crippen LogP contribution in [0.25, 0.3) is 0 Å². The molecule has 0 aliphatic heterocycles. The van der Waals surface area contributed by atoms with Crippen LogP contribution in [-0.2, 0) is 0 Å². The Morgan fingerprint density at radius 3 is 2.04 bits per heavy atom. The molecule has 2 N–H and O–H groups in total. The molecule has 0 aromatic carbocycles. The van der Waals surface area contributed by atoms with E-state index in [2.05, 4.69) is 10.6 Å². The molecule has 0 saturated heterocycles. The van der Waals surface area contributed by atoms with Gasteiger partial charge in [-0.2, -0.15) is 0 Å². The van der Waals surface area contributed by atoms with Gasteiger partial charge in [-0.15, -0.1) is 0 Å².